The van der Waals surface area contributed by atoms with Crippen molar-refractivity contribution in [3.8, 4) is 22.8 Å². The van der Waals surface area contributed by atoms with Gasteiger partial charge in [-0.1, -0.05) is 18.2 Å². The van der Waals surface area contributed by atoms with Gasteiger partial charge in [-0.2, -0.15) is 0 Å². The highest BCUT2D eigenvalue weighted by Crippen LogP contribution is 2.32. The van der Waals surface area contributed by atoms with E-state index in [-0.39, 0.29) is 23.6 Å². The largest absolute Gasteiger partial charge is 0.497 e. The second kappa shape index (κ2) is 7.80. The van der Waals surface area contributed by atoms with Gasteiger partial charge in [0.2, 0.25) is 11.2 Å². The van der Waals surface area contributed by atoms with E-state index >= 15 is 0 Å². The molecule has 0 aliphatic rings. The molecule has 0 aliphatic heterocycles. The molecule has 0 atom stereocenters. The van der Waals surface area contributed by atoms with Crippen LogP contribution in [0.5, 0.6) is 11.5 Å². The van der Waals surface area contributed by atoms with E-state index in [4.69, 9.17) is 13.9 Å². The molecular weight excluding hydrogens is 371 g/mol. The minimum atomic E-state index is -0.326. The van der Waals surface area contributed by atoms with Crippen molar-refractivity contribution in [1.29, 1.82) is 0 Å². The molecule has 5 heteroatoms. The van der Waals surface area contributed by atoms with Crippen molar-refractivity contribution in [2.75, 3.05) is 7.11 Å². The first-order valence-corrected chi connectivity index (χ1v) is 9.14. The van der Waals surface area contributed by atoms with E-state index in [0.717, 1.165) is 11.1 Å². The SMILES string of the molecule is COc1ccc(-c2oc3cc(C)ccc3c(=O)c2OCc2ccc(F)cc2)cc1. The third-order valence-corrected chi connectivity index (χ3v) is 4.65. The van der Waals surface area contributed by atoms with Gasteiger partial charge in [0.1, 0.15) is 23.8 Å². The Morgan fingerprint density at radius 1 is 0.966 bits per heavy atom. The molecular formula is C24H19FO4. The summed E-state index contributed by atoms with van der Waals surface area (Å²) in [5.74, 6) is 0.837. The Hall–Kier alpha value is -3.60. The molecule has 4 nitrogen and oxygen atoms in total. The average Bonchev–Trinajstić information content (AvgIpc) is 2.74. The summed E-state index contributed by atoms with van der Waals surface area (Å²) in [5, 5.41) is 0.446. The maximum Gasteiger partial charge on any atom is 0.235 e. The molecule has 0 saturated carbocycles. The van der Waals surface area contributed by atoms with E-state index in [0.29, 0.717) is 28.0 Å². The number of halogens is 1. The molecule has 0 fully saturated rings. The van der Waals surface area contributed by atoms with Gasteiger partial charge in [-0.15, -0.1) is 0 Å². The quantitative estimate of drug-likeness (QED) is 0.452. The molecule has 0 unspecified atom stereocenters. The van der Waals surface area contributed by atoms with Gasteiger partial charge < -0.3 is 13.9 Å². The van der Waals surface area contributed by atoms with Gasteiger partial charge >= 0.3 is 0 Å². The van der Waals surface area contributed by atoms with Crippen LogP contribution in [0.15, 0.2) is 75.9 Å². The number of hydrogen-bond acceptors (Lipinski definition) is 4. The maximum atomic E-state index is 13.2. The highest BCUT2D eigenvalue weighted by Gasteiger charge is 2.18. The third kappa shape index (κ3) is 3.85. The molecule has 0 radical (unpaired) electrons. The fraction of sp³-hybridized carbons (Fsp3) is 0.125. The maximum absolute atomic E-state index is 13.2. The first-order valence-electron chi connectivity index (χ1n) is 9.14. The Kier molecular flexibility index (Phi) is 5.04. The van der Waals surface area contributed by atoms with Gasteiger partial charge in [0.25, 0.3) is 0 Å². The molecule has 4 aromatic rings. The van der Waals surface area contributed by atoms with Gasteiger partial charge in [-0.3, -0.25) is 4.79 Å². The minimum Gasteiger partial charge on any atom is -0.497 e. The van der Waals surface area contributed by atoms with Crippen molar-refractivity contribution in [3.63, 3.8) is 0 Å². The van der Waals surface area contributed by atoms with Crippen LogP contribution in [0.3, 0.4) is 0 Å². The van der Waals surface area contributed by atoms with E-state index in [1.54, 1.807) is 37.4 Å². The van der Waals surface area contributed by atoms with Crippen molar-refractivity contribution < 1.29 is 18.3 Å². The molecule has 4 rings (SSSR count). The minimum absolute atomic E-state index is 0.117. The Labute approximate surface area is 167 Å². The van der Waals surface area contributed by atoms with Gasteiger partial charge in [0.15, 0.2) is 5.76 Å². The summed E-state index contributed by atoms with van der Waals surface area (Å²) >= 11 is 0. The first-order chi connectivity index (χ1) is 14.0. The van der Waals surface area contributed by atoms with Crippen molar-refractivity contribution in [1.82, 2.24) is 0 Å². The lowest BCUT2D eigenvalue weighted by Gasteiger charge is -2.12. The van der Waals surface area contributed by atoms with Gasteiger partial charge in [-0.05, 0) is 66.6 Å². The lowest BCUT2D eigenvalue weighted by Crippen LogP contribution is -2.10. The Balaban J connectivity index is 1.82. The molecule has 0 amide bonds. The van der Waals surface area contributed by atoms with Crippen molar-refractivity contribution in [3.05, 3.63) is 93.9 Å². The van der Waals surface area contributed by atoms with Crippen molar-refractivity contribution >= 4 is 11.0 Å². The smallest absolute Gasteiger partial charge is 0.235 e. The molecule has 3 aromatic carbocycles. The fourth-order valence-electron chi connectivity index (χ4n) is 3.08. The second-order valence-corrected chi connectivity index (χ2v) is 6.73. The summed E-state index contributed by atoms with van der Waals surface area (Å²) in [4.78, 5) is 13.2. The predicted octanol–water partition coefficient (Wildman–Crippen LogP) is 5.50. The highest BCUT2D eigenvalue weighted by atomic mass is 19.1. The number of methoxy groups -OCH3 is 1. The second-order valence-electron chi connectivity index (χ2n) is 6.73. The van der Waals surface area contributed by atoms with Crippen LogP contribution in [0, 0.1) is 12.7 Å². The Bertz CT molecular complexity index is 1210. The van der Waals surface area contributed by atoms with Crippen LogP contribution in [0.25, 0.3) is 22.3 Å². The van der Waals surface area contributed by atoms with Gasteiger partial charge in [-0.25, -0.2) is 4.39 Å². The number of hydrogen-bond donors (Lipinski definition) is 0. The molecule has 0 spiro atoms. The van der Waals surface area contributed by atoms with E-state index in [9.17, 15) is 9.18 Å². The van der Waals surface area contributed by atoms with Crippen LogP contribution in [0.4, 0.5) is 4.39 Å². The van der Waals surface area contributed by atoms with E-state index in [1.807, 2.05) is 31.2 Å². The molecule has 0 saturated heterocycles. The summed E-state index contributed by atoms with van der Waals surface area (Å²) in [6, 6.07) is 18.6. The topological polar surface area (TPSA) is 48.7 Å². The summed E-state index contributed by atoms with van der Waals surface area (Å²) in [6.07, 6.45) is 0. The summed E-state index contributed by atoms with van der Waals surface area (Å²) in [5.41, 5.74) is 2.67. The number of aryl methyl sites for hydroxylation is 1. The zero-order chi connectivity index (χ0) is 20.4. The lowest BCUT2D eigenvalue weighted by atomic mass is 10.1. The number of ether oxygens (including phenoxy) is 2. The lowest BCUT2D eigenvalue weighted by molar-refractivity contribution is 0.297. The Morgan fingerprint density at radius 2 is 1.69 bits per heavy atom. The summed E-state index contributed by atoms with van der Waals surface area (Å²) in [6.45, 7) is 2.05. The first kappa shape index (κ1) is 18.7. The van der Waals surface area contributed by atoms with Crippen molar-refractivity contribution in [2.24, 2.45) is 0 Å². The van der Waals surface area contributed by atoms with Crippen LogP contribution in [0.2, 0.25) is 0 Å². The third-order valence-electron chi connectivity index (χ3n) is 4.65. The summed E-state index contributed by atoms with van der Waals surface area (Å²) in [7, 11) is 1.59. The van der Waals surface area contributed by atoms with Crippen LogP contribution >= 0.6 is 0 Å². The molecule has 0 aliphatic carbocycles. The summed E-state index contributed by atoms with van der Waals surface area (Å²) < 4.78 is 30.3. The van der Waals surface area contributed by atoms with Crippen LogP contribution < -0.4 is 14.9 Å². The predicted molar refractivity (Wildman–Crippen MR) is 110 cm³/mol. The van der Waals surface area contributed by atoms with E-state index in [1.165, 1.54) is 12.1 Å². The van der Waals surface area contributed by atoms with E-state index in [2.05, 4.69) is 0 Å². The van der Waals surface area contributed by atoms with Crippen LogP contribution in [-0.2, 0) is 6.61 Å². The van der Waals surface area contributed by atoms with Crippen LogP contribution in [0.1, 0.15) is 11.1 Å². The standard InChI is InChI=1S/C24H19FO4/c1-15-3-12-20-21(13-15)29-23(17-6-10-19(27-2)11-7-17)24(22(20)26)28-14-16-4-8-18(25)9-5-16/h3-13H,14H2,1-2H3. The fourth-order valence-corrected chi connectivity index (χ4v) is 3.08. The number of fused-ring (bicyclic) bond motifs is 1. The molecule has 29 heavy (non-hydrogen) atoms. The molecule has 1 heterocycles. The monoisotopic (exact) mass is 390 g/mol. The normalized spacial score (nSPS) is 10.9. The van der Waals surface area contributed by atoms with E-state index < -0.39 is 0 Å². The number of benzene rings is 3. The highest BCUT2D eigenvalue weighted by molar-refractivity contribution is 5.82. The van der Waals surface area contributed by atoms with Crippen molar-refractivity contribution in [2.45, 2.75) is 13.5 Å². The Morgan fingerprint density at radius 3 is 2.38 bits per heavy atom. The van der Waals surface area contributed by atoms with Gasteiger partial charge in [0.05, 0.1) is 12.5 Å². The number of rotatable bonds is 5. The molecule has 1 aromatic heterocycles. The molecule has 0 N–H and O–H groups in total. The van der Waals surface area contributed by atoms with Crippen LogP contribution in [-0.4, -0.2) is 7.11 Å². The van der Waals surface area contributed by atoms with Gasteiger partial charge in [0, 0.05) is 5.56 Å². The average molecular weight is 390 g/mol. The zero-order valence-corrected chi connectivity index (χ0v) is 16.1. The molecule has 146 valence electrons. The zero-order valence-electron chi connectivity index (χ0n) is 16.1. The molecule has 0 bridgehead atoms.